The molecule has 78 valence electrons. The van der Waals surface area contributed by atoms with Crippen molar-refractivity contribution in [3.8, 4) is 0 Å². The van der Waals surface area contributed by atoms with E-state index < -0.39 is 37.3 Å². The highest BCUT2D eigenvalue weighted by Gasteiger charge is 2.44. The van der Waals surface area contributed by atoms with Crippen LogP contribution in [0.25, 0.3) is 0 Å². The van der Waals surface area contributed by atoms with Crippen molar-refractivity contribution in [1.29, 1.82) is 0 Å². The van der Waals surface area contributed by atoms with Gasteiger partial charge in [0.2, 0.25) is 0 Å². The third kappa shape index (κ3) is 1.98. The SMILES string of the molecule is CO[C@H]1O[C@@H]([C@H](O)CO)[C@H](O)[C@@H]1N. The fraction of sp³-hybridized carbons (Fsp3) is 1.00. The zero-order valence-corrected chi connectivity index (χ0v) is 7.33. The van der Waals surface area contributed by atoms with Crippen LogP contribution in [-0.4, -0.2) is 59.7 Å². The molecule has 5 atom stereocenters. The predicted octanol–water partition coefficient (Wildman–Crippen LogP) is -2.60. The second-order valence-corrected chi connectivity index (χ2v) is 3.02. The molecule has 1 aliphatic heterocycles. The Morgan fingerprint density at radius 3 is 2.62 bits per heavy atom. The predicted molar refractivity (Wildman–Crippen MR) is 42.7 cm³/mol. The Hall–Kier alpha value is -0.240. The Labute approximate surface area is 75.9 Å². The van der Waals surface area contributed by atoms with E-state index in [0.717, 1.165) is 0 Å². The van der Waals surface area contributed by atoms with E-state index in [1.54, 1.807) is 0 Å². The summed E-state index contributed by atoms with van der Waals surface area (Å²) in [7, 11) is 1.39. The van der Waals surface area contributed by atoms with Gasteiger partial charge in [0.25, 0.3) is 0 Å². The average molecular weight is 193 g/mol. The summed E-state index contributed by atoms with van der Waals surface area (Å²) < 4.78 is 9.90. The maximum atomic E-state index is 9.46. The van der Waals surface area contributed by atoms with Crippen molar-refractivity contribution in [1.82, 2.24) is 0 Å². The fourth-order valence-electron chi connectivity index (χ4n) is 1.34. The Morgan fingerprint density at radius 1 is 1.62 bits per heavy atom. The number of aliphatic hydroxyl groups is 3. The van der Waals surface area contributed by atoms with Crippen LogP contribution in [0.15, 0.2) is 0 Å². The second-order valence-electron chi connectivity index (χ2n) is 3.02. The Morgan fingerprint density at radius 2 is 2.23 bits per heavy atom. The van der Waals surface area contributed by atoms with E-state index in [1.807, 2.05) is 0 Å². The van der Waals surface area contributed by atoms with E-state index in [2.05, 4.69) is 0 Å². The number of aliphatic hydroxyl groups excluding tert-OH is 3. The van der Waals surface area contributed by atoms with Gasteiger partial charge < -0.3 is 30.5 Å². The monoisotopic (exact) mass is 193 g/mol. The molecule has 5 N–H and O–H groups in total. The van der Waals surface area contributed by atoms with Gasteiger partial charge in [0.1, 0.15) is 18.3 Å². The van der Waals surface area contributed by atoms with Gasteiger partial charge >= 0.3 is 0 Å². The first-order valence-electron chi connectivity index (χ1n) is 4.02. The molecule has 1 aliphatic rings. The molecule has 0 aromatic carbocycles. The zero-order valence-electron chi connectivity index (χ0n) is 7.33. The van der Waals surface area contributed by atoms with E-state index >= 15 is 0 Å². The number of rotatable bonds is 3. The largest absolute Gasteiger partial charge is 0.394 e. The molecule has 0 aromatic rings. The lowest BCUT2D eigenvalue weighted by molar-refractivity contribution is -0.152. The quantitative estimate of drug-likeness (QED) is 0.391. The number of methoxy groups -OCH3 is 1. The maximum absolute atomic E-state index is 9.46. The standard InChI is InChI=1S/C7H15NO5/c1-12-7-4(8)5(11)6(13-7)3(10)2-9/h3-7,9-11H,2,8H2,1H3/t3-,4+,5-,6+,7+/m1/s1. The third-order valence-corrected chi connectivity index (χ3v) is 2.14. The molecule has 0 bridgehead atoms. The van der Waals surface area contributed by atoms with E-state index in [-0.39, 0.29) is 0 Å². The van der Waals surface area contributed by atoms with Crippen LogP contribution in [0, 0.1) is 0 Å². The number of nitrogens with two attached hydrogens (primary N) is 1. The summed E-state index contributed by atoms with van der Waals surface area (Å²) in [5.74, 6) is 0. The Balaban J connectivity index is 2.60. The van der Waals surface area contributed by atoms with Crippen LogP contribution in [0.3, 0.4) is 0 Å². The molecule has 1 heterocycles. The summed E-state index contributed by atoms with van der Waals surface area (Å²) in [6.07, 6.45) is -3.78. The number of hydrogen-bond acceptors (Lipinski definition) is 6. The summed E-state index contributed by atoms with van der Waals surface area (Å²) in [5.41, 5.74) is 5.52. The lowest BCUT2D eigenvalue weighted by Crippen LogP contribution is -2.44. The molecular formula is C7H15NO5. The van der Waals surface area contributed by atoms with Crippen molar-refractivity contribution in [3.63, 3.8) is 0 Å². The lowest BCUT2D eigenvalue weighted by atomic mass is 10.1. The van der Waals surface area contributed by atoms with Gasteiger partial charge in [0.15, 0.2) is 6.29 Å². The van der Waals surface area contributed by atoms with Crippen LogP contribution in [0.4, 0.5) is 0 Å². The molecule has 0 spiro atoms. The Kier molecular flexibility index (Phi) is 3.60. The van der Waals surface area contributed by atoms with Gasteiger partial charge in [0, 0.05) is 7.11 Å². The highest BCUT2D eigenvalue weighted by atomic mass is 16.7. The van der Waals surface area contributed by atoms with E-state index in [0.29, 0.717) is 0 Å². The second kappa shape index (κ2) is 4.32. The van der Waals surface area contributed by atoms with Crippen molar-refractivity contribution in [2.45, 2.75) is 30.6 Å². The Bertz CT molecular complexity index is 167. The van der Waals surface area contributed by atoms with E-state index in [1.165, 1.54) is 7.11 Å². The summed E-state index contributed by atoms with van der Waals surface area (Å²) in [5, 5.41) is 27.3. The van der Waals surface area contributed by atoms with Crippen LogP contribution < -0.4 is 5.73 Å². The van der Waals surface area contributed by atoms with Gasteiger partial charge in [-0.2, -0.15) is 0 Å². The van der Waals surface area contributed by atoms with E-state index in [4.69, 9.17) is 20.3 Å². The molecule has 1 saturated heterocycles. The molecule has 0 amide bonds. The molecule has 0 saturated carbocycles. The fourth-order valence-corrected chi connectivity index (χ4v) is 1.34. The van der Waals surface area contributed by atoms with E-state index in [9.17, 15) is 10.2 Å². The van der Waals surface area contributed by atoms with Crippen LogP contribution in [0.5, 0.6) is 0 Å². The van der Waals surface area contributed by atoms with Gasteiger partial charge in [-0.15, -0.1) is 0 Å². The van der Waals surface area contributed by atoms with Gasteiger partial charge in [0.05, 0.1) is 12.6 Å². The van der Waals surface area contributed by atoms with Gasteiger partial charge in [-0.05, 0) is 0 Å². The number of hydrogen-bond donors (Lipinski definition) is 4. The molecule has 6 heteroatoms. The highest BCUT2D eigenvalue weighted by Crippen LogP contribution is 2.22. The summed E-state index contributed by atoms with van der Waals surface area (Å²) in [6.45, 7) is -0.481. The first-order chi connectivity index (χ1) is 6.11. The van der Waals surface area contributed by atoms with Crippen molar-refractivity contribution < 1.29 is 24.8 Å². The molecule has 13 heavy (non-hydrogen) atoms. The minimum absolute atomic E-state index is 0.481. The van der Waals surface area contributed by atoms with Crippen LogP contribution in [-0.2, 0) is 9.47 Å². The van der Waals surface area contributed by atoms with Crippen LogP contribution >= 0.6 is 0 Å². The molecule has 0 unspecified atom stereocenters. The molecule has 6 nitrogen and oxygen atoms in total. The minimum atomic E-state index is -1.14. The molecular weight excluding hydrogens is 178 g/mol. The smallest absolute Gasteiger partial charge is 0.175 e. The van der Waals surface area contributed by atoms with Crippen LogP contribution in [0.2, 0.25) is 0 Å². The highest BCUT2D eigenvalue weighted by molar-refractivity contribution is 4.92. The molecule has 1 fully saturated rings. The van der Waals surface area contributed by atoms with Crippen molar-refractivity contribution >= 4 is 0 Å². The first kappa shape index (κ1) is 10.8. The molecule has 0 aliphatic carbocycles. The lowest BCUT2D eigenvalue weighted by Gasteiger charge is -2.18. The molecule has 0 aromatic heterocycles. The minimum Gasteiger partial charge on any atom is -0.394 e. The summed E-state index contributed by atoms with van der Waals surface area (Å²) in [4.78, 5) is 0. The van der Waals surface area contributed by atoms with Crippen molar-refractivity contribution in [3.05, 3.63) is 0 Å². The summed E-state index contributed by atoms with van der Waals surface area (Å²) in [6, 6.07) is -0.698. The zero-order chi connectivity index (χ0) is 10.0. The maximum Gasteiger partial charge on any atom is 0.175 e. The van der Waals surface area contributed by atoms with Gasteiger partial charge in [-0.1, -0.05) is 0 Å². The van der Waals surface area contributed by atoms with Crippen molar-refractivity contribution in [2.75, 3.05) is 13.7 Å². The van der Waals surface area contributed by atoms with Gasteiger partial charge in [-0.25, -0.2) is 0 Å². The molecule has 1 rings (SSSR count). The average Bonchev–Trinajstić information content (AvgIpc) is 2.43. The van der Waals surface area contributed by atoms with Gasteiger partial charge in [-0.3, -0.25) is 0 Å². The van der Waals surface area contributed by atoms with Crippen LogP contribution in [0.1, 0.15) is 0 Å². The third-order valence-electron chi connectivity index (χ3n) is 2.14. The summed E-state index contributed by atoms with van der Waals surface area (Å²) >= 11 is 0. The first-order valence-corrected chi connectivity index (χ1v) is 4.02. The molecule has 0 radical (unpaired) electrons. The normalized spacial score (nSPS) is 42.2. The topological polar surface area (TPSA) is 105 Å². The number of ether oxygens (including phenoxy) is 2. The van der Waals surface area contributed by atoms with Crippen molar-refractivity contribution in [2.24, 2.45) is 5.73 Å².